The molecule has 0 saturated heterocycles. The zero-order valence-electron chi connectivity index (χ0n) is 18.2. The molecule has 2 aromatic carbocycles. The first-order valence-electron chi connectivity index (χ1n) is 9.97. The van der Waals surface area contributed by atoms with Crippen LogP contribution in [0.5, 0.6) is 5.75 Å². The highest BCUT2D eigenvalue weighted by atomic mass is 32.2. The van der Waals surface area contributed by atoms with Crippen molar-refractivity contribution in [3.05, 3.63) is 47.5 Å². The molecule has 1 aliphatic rings. The fraction of sp³-hybridized carbons (Fsp3) is 0.364. The number of aryl methyl sites for hydroxylation is 1. The second kappa shape index (κ2) is 8.68. The van der Waals surface area contributed by atoms with E-state index in [-0.39, 0.29) is 23.1 Å². The number of amides is 2. The normalized spacial score (nSPS) is 16.0. The maximum Gasteiger partial charge on any atom is 0.265 e. The minimum absolute atomic E-state index is 0.0196. The summed E-state index contributed by atoms with van der Waals surface area (Å²) in [5.74, 6) is -0.0885. The van der Waals surface area contributed by atoms with E-state index in [0.717, 1.165) is 9.87 Å². The van der Waals surface area contributed by atoms with Crippen LogP contribution in [0.4, 0.5) is 11.4 Å². The van der Waals surface area contributed by atoms with E-state index in [1.165, 1.54) is 13.1 Å². The molecule has 2 aromatic rings. The van der Waals surface area contributed by atoms with Crippen molar-refractivity contribution < 1.29 is 22.7 Å². The number of carbonyl (C=O) groups is 2. The zero-order valence-corrected chi connectivity index (χ0v) is 19.0. The van der Waals surface area contributed by atoms with Gasteiger partial charge in [-0.25, -0.2) is 8.42 Å². The smallest absolute Gasteiger partial charge is 0.265 e. The van der Waals surface area contributed by atoms with Gasteiger partial charge in [0.05, 0.1) is 17.1 Å². The van der Waals surface area contributed by atoms with E-state index in [0.29, 0.717) is 22.9 Å². The molecular weight excluding hydrogens is 418 g/mol. The summed E-state index contributed by atoms with van der Waals surface area (Å²) in [7, 11) is -2.61. The molecule has 3 rings (SSSR count). The van der Waals surface area contributed by atoms with Gasteiger partial charge in [-0.1, -0.05) is 26.0 Å². The van der Waals surface area contributed by atoms with Gasteiger partial charge >= 0.3 is 0 Å². The molecule has 0 aromatic heterocycles. The molecule has 9 heteroatoms. The van der Waals surface area contributed by atoms with E-state index >= 15 is 0 Å². The summed E-state index contributed by atoms with van der Waals surface area (Å²) >= 11 is 0. The summed E-state index contributed by atoms with van der Waals surface area (Å²) in [6.07, 6.45) is -0.726. The standard InChI is InChI=1S/C22H27N3O5S/c1-13(2)16-6-8-17(9-7-16)23-21(26)12-25(5)31(28,29)20-11-19-18(10-14(20)3)24-22(27)15(4)30-19/h6-11,13,15H,12H2,1-5H3,(H,23,26)(H,24,27). The van der Waals surface area contributed by atoms with Gasteiger partial charge in [0.25, 0.3) is 5.91 Å². The lowest BCUT2D eigenvalue weighted by Gasteiger charge is -2.25. The first-order chi connectivity index (χ1) is 14.5. The molecule has 2 amide bonds. The Morgan fingerprint density at radius 1 is 1.23 bits per heavy atom. The Bertz CT molecular complexity index is 1110. The number of rotatable bonds is 6. The number of nitrogens with zero attached hydrogens (tertiary/aromatic N) is 1. The van der Waals surface area contributed by atoms with Gasteiger partial charge in [-0.15, -0.1) is 0 Å². The van der Waals surface area contributed by atoms with E-state index in [4.69, 9.17) is 4.74 Å². The average molecular weight is 446 g/mol. The molecule has 0 aliphatic carbocycles. The van der Waals surface area contributed by atoms with Crippen LogP contribution < -0.4 is 15.4 Å². The predicted octanol–water partition coefficient (Wildman–Crippen LogP) is 3.10. The number of hydrogen-bond donors (Lipinski definition) is 2. The second-order valence-corrected chi connectivity index (χ2v) is 9.96. The molecule has 0 fully saturated rings. The SMILES string of the molecule is Cc1cc2c(cc1S(=O)(=O)N(C)CC(=O)Nc1ccc(C(C)C)cc1)OC(C)C(=O)N2. The fourth-order valence-electron chi connectivity index (χ4n) is 3.23. The number of hydrogen-bond acceptors (Lipinski definition) is 5. The van der Waals surface area contributed by atoms with Gasteiger partial charge in [0, 0.05) is 18.8 Å². The lowest BCUT2D eigenvalue weighted by Crippen LogP contribution is -2.36. The highest BCUT2D eigenvalue weighted by Crippen LogP contribution is 2.35. The monoisotopic (exact) mass is 445 g/mol. The Hall–Kier alpha value is -2.91. The Morgan fingerprint density at radius 2 is 1.87 bits per heavy atom. The van der Waals surface area contributed by atoms with Crippen LogP contribution in [0.3, 0.4) is 0 Å². The molecule has 1 aliphatic heterocycles. The maximum absolute atomic E-state index is 13.1. The quantitative estimate of drug-likeness (QED) is 0.711. The summed E-state index contributed by atoms with van der Waals surface area (Å²) in [6.45, 7) is 7.02. The van der Waals surface area contributed by atoms with E-state index in [1.807, 2.05) is 12.1 Å². The van der Waals surface area contributed by atoms with Crippen molar-refractivity contribution in [3.63, 3.8) is 0 Å². The van der Waals surface area contributed by atoms with E-state index in [1.54, 1.807) is 32.0 Å². The van der Waals surface area contributed by atoms with Crippen molar-refractivity contribution in [2.75, 3.05) is 24.2 Å². The van der Waals surface area contributed by atoms with Crippen LogP contribution in [-0.4, -0.2) is 44.2 Å². The number of fused-ring (bicyclic) bond motifs is 1. The lowest BCUT2D eigenvalue weighted by atomic mass is 10.0. The molecule has 0 saturated carbocycles. The van der Waals surface area contributed by atoms with Crippen molar-refractivity contribution in [1.29, 1.82) is 0 Å². The molecule has 2 N–H and O–H groups in total. The molecule has 0 bridgehead atoms. The Kier molecular flexibility index (Phi) is 6.38. The van der Waals surface area contributed by atoms with Crippen molar-refractivity contribution in [2.45, 2.75) is 44.6 Å². The van der Waals surface area contributed by atoms with Crippen molar-refractivity contribution in [2.24, 2.45) is 0 Å². The lowest BCUT2D eigenvalue weighted by molar-refractivity contribution is -0.122. The van der Waals surface area contributed by atoms with Gasteiger partial charge in [-0.3, -0.25) is 9.59 Å². The summed E-state index contributed by atoms with van der Waals surface area (Å²) in [5.41, 5.74) is 2.61. The van der Waals surface area contributed by atoms with Crippen LogP contribution in [-0.2, 0) is 19.6 Å². The summed E-state index contributed by atoms with van der Waals surface area (Å²) < 4.78 is 32.7. The topological polar surface area (TPSA) is 105 Å². The van der Waals surface area contributed by atoms with E-state index in [2.05, 4.69) is 24.5 Å². The van der Waals surface area contributed by atoms with Gasteiger partial charge in [-0.05, 0) is 49.1 Å². The van der Waals surface area contributed by atoms with Gasteiger partial charge in [0.2, 0.25) is 15.9 Å². The Labute approximate surface area is 182 Å². The number of ether oxygens (including phenoxy) is 1. The third-order valence-electron chi connectivity index (χ3n) is 5.12. The summed E-state index contributed by atoms with van der Waals surface area (Å²) in [5, 5.41) is 5.41. The van der Waals surface area contributed by atoms with E-state index in [9.17, 15) is 18.0 Å². The Morgan fingerprint density at radius 3 is 2.48 bits per heavy atom. The number of benzene rings is 2. The largest absolute Gasteiger partial charge is 0.479 e. The average Bonchev–Trinajstić information content (AvgIpc) is 2.69. The van der Waals surface area contributed by atoms with E-state index < -0.39 is 22.0 Å². The predicted molar refractivity (Wildman–Crippen MR) is 119 cm³/mol. The van der Waals surface area contributed by atoms with Gasteiger partial charge < -0.3 is 15.4 Å². The minimum Gasteiger partial charge on any atom is -0.479 e. The number of anilines is 2. The molecule has 0 spiro atoms. The van der Waals surface area contributed by atoms with Crippen molar-refractivity contribution >= 4 is 33.2 Å². The van der Waals surface area contributed by atoms with Crippen molar-refractivity contribution in [3.8, 4) is 5.75 Å². The van der Waals surface area contributed by atoms with Gasteiger partial charge in [0.1, 0.15) is 5.75 Å². The molecule has 166 valence electrons. The number of carbonyl (C=O) groups excluding carboxylic acids is 2. The van der Waals surface area contributed by atoms with Crippen LogP contribution in [0.2, 0.25) is 0 Å². The maximum atomic E-state index is 13.1. The van der Waals surface area contributed by atoms with Crippen LogP contribution in [0.1, 0.15) is 37.8 Å². The van der Waals surface area contributed by atoms with Crippen molar-refractivity contribution in [1.82, 2.24) is 4.31 Å². The molecular formula is C22H27N3O5S. The van der Waals surface area contributed by atoms with Gasteiger partial charge in [0.15, 0.2) is 6.10 Å². The van der Waals surface area contributed by atoms with Crippen LogP contribution in [0.25, 0.3) is 0 Å². The first-order valence-corrected chi connectivity index (χ1v) is 11.4. The van der Waals surface area contributed by atoms with Gasteiger partial charge in [-0.2, -0.15) is 4.31 Å². The third-order valence-corrected chi connectivity index (χ3v) is 7.07. The number of nitrogens with one attached hydrogen (secondary N) is 2. The molecule has 1 atom stereocenters. The minimum atomic E-state index is -3.96. The fourth-order valence-corrected chi connectivity index (χ4v) is 4.57. The molecule has 1 unspecified atom stereocenters. The highest BCUT2D eigenvalue weighted by molar-refractivity contribution is 7.89. The van der Waals surface area contributed by atoms with Crippen LogP contribution in [0.15, 0.2) is 41.3 Å². The molecule has 0 radical (unpaired) electrons. The molecule has 31 heavy (non-hydrogen) atoms. The molecule has 8 nitrogen and oxygen atoms in total. The highest BCUT2D eigenvalue weighted by Gasteiger charge is 2.30. The van der Waals surface area contributed by atoms with Crippen LogP contribution in [0, 0.1) is 6.92 Å². The zero-order chi connectivity index (χ0) is 22.9. The third kappa shape index (κ3) is 4.88. The first kappa shape index (κ1) is 22.8. The van der Waals surface area contributed by atoms with Crippen LogP contribution >= 0.6 is 0 Å². The second-order valence-electron chi connectivity index (χ2n) is 7.95. The molecule has 1 heterocycles. The number of sulfonamides is 1. The summed E-state index contributed by atoms with van der Waals surface area (Å²) in [4.78, 5) is 24.2. The summed E-state index contributed by atoms with van der Waals surface area (Å²) in [6, 6.07) is 10.4. The Balaban J connectivity index is 1.75. The number of likely N-dealkylation sites (N-methyl/N-ethyl adjacent to an activating group) is 1.